The summed E-state index contributed by atoms with van der Waals surface area (Å²) in [5.41, 5.74) is 3.59. The quantitative estimate of drug-likeness (QED) is 0.540. The molecule has 0 bridgehead atoms. The zero-order valence-electron chi connectivity index (χ0n) is 15.6. The van der Waals surface area contributed by atoms with E-state index in [1.54, 1.807) is 0 Å². The van der Waals surface area contributed by atoms with Crippen molar-refractivity contribution in [3.63, 3.8) is 0 Å². The summed E-state index contributed by atoms with van der Waals surface area (Å²) in [5.74, 6) is 1.43. The van der Waals surface area contributed by atoms with Crippen molar-refractivity contribution in [2.24, 2.45) is 0 Å². The third-order valence-electron chi connectivity index (χ3n) is 4.54. The lowest BCUT2D eigenvalue weighted by atomic mass is 10.2. The van der Waals surface area contributed by atoms with E-state index in [9.17, 15) is 4.79 Å². The Morgan fingerprint density at radius 2 is 1.68 bits per heavy atom. The number of hydrogen-bond donors (Lipinski definition) is 1. The van der Waals surface area contributed by atoms with Gasteiger partial charge in [0.05, 0.1) is 11.0 Å². The largest absolute Gasteiger partial charge is 0.485 e. The van der Waals surface area contributed by atoms with Gasteiger partial charge in [-0.25, -0.2) is 4.98 Å². The molecule has 140 valence electrons. The predicted molar refractivity (Wildman–Crippen MR) is 110 cm³/mol. The van der Waals surface area contributed by atoms with Crippen LogP contribution in [0.4, 0.5) is 5.69 Å². The SMILES string of the molecule is Cc1ccccc1OCc1nc2ccccc2n1CC(=O)Nc1ccccc1. The second kappa shape index (κ2) is 7.96. The van der Waals surface area contributed by atoms with E-state index >= 15 is 0 Å². The first-order valence-electron chi connectivity index (χ1n) is 9.18. The molecule has 5 nitrogen and oxygen atoms in total. The highest BCUT2D eigenvalue weighted by molar-refractivity contribution is 5.91. The van der Waals surface area contributed by atoms with Gasteiger partial charge >= 0.3 is 0 Å². The van der Waals surface area contributed by atoms with Crippen LogP contribution in [0.1, 0.15) is 11.4 Å². The molecule has 0 radical (unpaired) electrons. The van der Waals surface area contributed by atoms with Crippen LogP contribution in [0.3, 0.4) is 0 Å². The van der Waals surface area contributed by atoms with Gasteiger partial charge in [0.1, 0.15) is 24.7 Å². The molecule has 1 N–H and O–H groups in total. The molecule has 0 aliphatic carbocycles. The van der Waals surface area contributed by atoms with Gasteiger partial charge in [0.2, 0.25) is 5.91 Å². The molecule has 0 aliphatic heterocycles. The molecule has 0 saturated carbocycles. The van der Waals surface area contributed by atoms with E-state index in [0.29, 0.717) is 5.82 Å². The van der Waals surface area contributed by atoms with Gasteiger partial charge in [-0.3, -0.25) is 4.79 Å². The summed E-state index contributed by atoms with van der Waals surface area (Å²) >= 11 is 0. The van der Waals surface area contributed by atoms with E-state index in [4.69, 9.17) is 4.74 Å². The van der Waals surface area contributed by atoms with Gasteiger partial charge in [-0.05, 0) is 42.8 Å². The van der Waals surface area contributed by atoms with Crippen molar-refractivity contribution in [3.8, 4) is 5.75 Å². The number of aromatic nitrogens is 2. The summed E-state index contributed by atoms with van der Waals surface area (Å²) in [5, 5.41) is 2.93. The summed E-state index contributed by atoms with van der Waals surface area (Å²) in [7, 11) is 0. The van der Waals surface area contributed by atoms with Crippen LogP contribution >= 0.6 is 0 Å². The molecular formula is C23H21N3O2. The summed E-state index contributed by atoms with van der Waals surface area (Å²) < 4.78 is 7.89. The van der Waals surface area contributed by atoms with Gasteiger partial charge in [0, 0.05) is 5.69 Å². The second-order valence-corrected chi connectivity index (χ2v) is 6.57. The van der Waals surface area contributed by atoms with Gasteiger partial charge in [-0.2, -0.15) is 0 Å². The van der Waals surface area contributed by atoms with Crippen molar-refractivity contribution in [1.29, 1.82) is 0 Å². The smallest absolute Gasteiger partial charge is 0.244 e. The van der Waals surface area contributed by atoms with Gasteiger partial charge in [-0.15, -0.1) is 0 Å². The molecular weight excluding hydrogens is 350 g/mol. The summed E-state index contributed by atoms with van der Waals surface area (Å²) in [6, 6.07) is 25.1. The number of ether oxygens (including phenoxy) is 1. The van der Waals surface area contributed by atoms with Crippen LogP contribution in [0.2, 0.25) is 0 Å². The van der Waals surface area contributed by atoms with E-state index in [1.807, 2.05) is 90.4 Å². The molecule has 0 fully saturated rings. The van der Waals surface area contributed by atoms with Gasteiger partial charge in [0.15, 0.2) is 0 Å². The first-order valence-corrected chi connectivity index (χ1v) is 9.18. The third kappa shape index (κ3) is 3.88. The highest BCUT2D eigenvalue weighted by Gasteiger charge is 2.14. The fraction of sp³-hybridized carbons (Fsp3) is 0.130. The fourth-order valence-electron chi connectivity index (χ4n) is 3.14. The normalized spacial score (nSPS) is 10.8. The molecule has 1 aromatic heterocycles. The Labute approximate surface area is 163 Å². The number of carbonyl (C=O) groups is 1. The average Bonchev–Trinajstić information content (AvgIpc) is 3.05. The molecule has 1 amide bonds. The molecule has 0 spiro atoms. The molecule has 0 saturated heterocycles. The zero-order valence-corrected chi connectivity index (χ0v) is 15.6. The number of anilines is 1. The maximum Gasteiger partial charge on any atom is 0.244 e. The van der Waals surface area contributed by atoms with Crippen LogP contribution in [0.25, 0.3) is 11.0 Å². The molecule has 0 atom stereocenters. The van der Waals surface area contributed by atoms with Crippen molar-refractivity contribution >= 4 is 22.6 Å². The van der Waals surface area contributed by atoms with Gasteiger partial charge in [0.25, 0.3) is 0 Å². The fourth-order valence-corrected chi connectivity index (χ4v) is 3.14. The Morgan fingerprint density at radius 3 is 2.50 bits per heavy atom. The standard InChI is InChI=1S/C23H21N3O2/c1-17-9-5-8-14-21(17)28-16-22-25-19-12-6-7-13-20(19)26(22)15-23(27)24-18-10-3-2-4-11-18/h2-14H,15-16H2,1H3,(H,24,27). The summed E-state index contributed by atoms with van der Waals surface area (Å²) in [6.45, 7) is 2.46. The van der Waals surface area contributed by atoms with Crippen LogP contribution in [-0.2, 0) is 17.9 Å². The lowest BCUT2D eigenvalue weighted by Gasteiger charge is -2.12. The molecule has 28 heavy (non-hydrogen) atoms. The number of rotatable bonds is 6. The van der Waals surface area contributed by atoms with E-state index < -0.39 is 0 Å². The number of imidazole rings is 1. The van der Waals surface area contributed by atoms with E-state index in [1.165, 1.54) is 0 Å². The number of carbonyl (C=O) groups excluding carboxylic acids is 1. The number of aryl methyl sites for hydroxylation is 1. The lowest BCUT2D eigenvalue weighted by molar-refractivity contribution is -0.116. The highest BCUT2D eigenvalue weighted by atomic mass is 16.5. The first kappa shape index (κ1) is 17.8. The maximum atomic E-state index is 12.6. The van der Waals surface area contributed by atoms with Crippen molar-refractivity contribution in [2.45, 2.75) is 20.1 Å². The highest BCUT2D eigenvalue weighted by Crippen LogP contribution is 2.21. The average molecular weight is 371 g/mol. The van der Waals surface area contributed by atoms with Crippen LogP contribution in [-0.4, -0.2) is 15.5 Å². The van der Waals surface area contributed by atoms with Gasteiger partial charge in [-0.1, -0.05) is 48.5 Å². The first-order chi connectivity index (χ1) is 13.7. The van der Waals surface area contributed by atoms with Crippen molar-refractivity contribution < 1.29 is 9.53 Å². The minimum Gasteiger partial charge on any atom is -0.485 e. The van der Waals surface area contributed by atoms with Crippen LogP contribution in [0.15, 0.2) is 78.9 Å². The van der Waals surface area contributed by atoms with Crippen LogP contribution in [0.5, 0.6) is 5.75 Å². The number of nitrogens with one attached hydrogen (secondary N) is 1. The van der Waals surface area contributed by atoms with Crippen molar-refractivity contribution in [1.82, 2.24) is 9.55 Å². The Balaban J connectivity index is 1.58. The Kier molecular flexibility index (Phi) is 5.06. The number of benzene rings is 3. The summed E-state index contributed by atoms with van der Waals surface area (Å²) in [6.07, 6.45) is 0. The number of fused-ring (bicyclic) bond motifs is 1. The molecule has 3 aromatic carbocycles. The van der Waals surface area contributed by atoms with E-state index in [-0.39, 0.29) is 19.1 Å². The van der Waals surface area contributed by atoms with Crippen molar-refractivity contribution in [2.75, 3.05) is 5.32 Å². The Hall–Kier alpha value is -3.60. The number of nitrogens with zero attached hydrogens (tertiary/aromatic N) is 2. The molecule has 0 aliphatic rings. The molecule has 0 unspecified atom stereocenters. The number of para-hydroxylation sites is 4. The molecule has 4 rings (SSSR count). The summed E-state index contributed by atoms with van der Waals surface area (Å²) in [4.78, 5) is 17.3. The topological polar surface area (TPSA) is 56.2 Å². The molecule has 5 heteroatoms. The monoisotopic (exact) mass is 371 g/mol. The van der Waals surface area contributed by atoms with Crippen LogP contribution < -0.4 is 10.1 Å². The maximum absolute atomic E-state index is 12.6. The molecule has 4 aromatic rings. The minimum absolute atomic E-state index is 0.105. The van der Waals surface area contributed by atoms with E-state index in [2.05, 4.69) is 10.3 Å². The van der Waals surface area contributed by atoms with Crippen molar-refractivity contribution in [3.05, 3.63) is 90.3 Å². The minimum atomic E-state index is -0.105. The zero-order chi connectivity index (χ0) is 19.3. The van der Waals surface area contributed by atoms with Gasteiger partial charge < -0.3 is 14.6 Å². The van der Waals surface area contributed by atoms with E-state index in [0.717, 1.165) is 28.0 Å². The predicted octanol–water partition coefficient (Wildman–Crippen LogP) is 4.56. The number of amides is 1. The molecule has 1 heterocycles. The second-order valence-electron chi connectivity index (χ2n) is 6.57. The Bertz CT molecular complexity index is 1100. The Morgan fingerprint density at radius 1 is 0.964 bits per heavy atom. The lowest BCUT2D eigenvalue weighted by Crippen LogP contribution is -2.20. The number of hydrogen-bond acceptors (Lipinski definition) is 3. The van der Waals surface area contributed by atoms with Crippen LogP contribution in [0, 0.1) is 6.92 Å². The third-order valence-corrected chi connectivity index (χ3v) is 4.54.